The Labute approximate surface area is 144 Å². The summed E-state index contributed by atoms with van der Waals surface area (Å²) in [7, 11) is 0. The van der Waals surface area contributed by atoms with Gasteiger partial charge in [0.1, 0.15) is 0 Å². The van der Waals surface area contributed by atoms with Gasteiger partial charge in [-0.2, -0.15) is 0 Å². The molecule has 3 rings (SSSR count). The summed E-state index contributed by atoms with van der Waals surface area (Å²) in [6.45, 7) is 1.51. The fourth-order valence-electron chi connectivity index (χ4n) is 1.87. The second-order valence-electron chi connectivity index (χ2n) is 4.60. The van der Waals surface area contributed by atoms with Gasteiger partial charge < -0.3 is 0 Å². The van der Waals surface area contributed by atoms with Crippen LogP contribution in [0.2, 0.25) is 0 Å². The third kappa shape index (κ3) is 5.70. The van der Waals surface area contributed by atoms with E-state index in [1.54, 1.807) is 37.1 Å². The van der Waals surface area contributed by atoms with Crippen molar-refractivity contribution in [2.24, 2.45) is 0 Å². The quantitative estimate of drug-likeness (QED) is 0.627. The molecule has 0 atom stereocenters. The van der Waals surface area contributed by atoms with Crippen molar-refractivity contribution in [2.75, 3.05) is 0 Å². The molecule has 3 heteroatoms. The Morgan fingerprint density at radius 2 is 1.09 bits per heavy atom. The minimum absolute atomic E-state index is 0. The Balaban J connectivity index is 0.000000344. The predicted molar refractivity (Wildman–Crippen MR) is 82.7 cm³/mol. The van der Waals surface area contributed by atoms with Crippen LogP contribution in [0, 0.1) is 63.7 Å². The molecule has 110 valence electrons. The molecular weight excluding hydrogens is 316 g/mol. The molecule has 2 saturated carbocycles. The number of hydrogen-bond acceptors (Lipinski definition) is 2. The maximum Gasteiger partial charge on any atom is 2.00 e. The zero-order chi connectivity index (χ0) is 15.1. The van der Waals surface area contributed by atoms with E-state index >= 15 is 0 Å². The van der Waals surface area contributed by atoms with Crippen LogP contribution in [0.3, 0.4) is 0 Å². The predicted octanol–water partition coefficient (Wildman–Crippen LogP) is 3.50. The van der Waals surface area contributed by atoms with Gasteiger partial charge in [0.2, 0.25) is 0 Å². The Bertz CT molecular complexity index is 461. The fraction of sp³-hybridized carbons (Fsp3) is 0.0526. The first-order valence-corrected chi connectivity index (χ1v) is 6.72. The summed E-state index contributed by atoms with van der Waals surface area (Å²) in [6, 6.07) is 6.73. The van der Waals surface area contributed by atoms with Gasteiger partial charge in [0.05, 0.1) is 5.92 Å². The van der Waals surface area contributed by atoms with E-state index in [-0.39, 0.29) is 28.6 Å². The molecular formula is C19H16FeO2+2. The molecule has 0 bridgehead atoms. The molecule has 2 nitrogen and oxygen atoms in total. The van der Waals surface area contributed by atoms with Crippen molar-refractivity contribution < 1.29 is 26.7 Å². The molecule has 0 aromatic heterocycles. The van der Waals surface area contributed by atoms with Gasteiger partial charge in [0.15, 0.2) is 11.6 Å². The molecule has 10 radical (unpaired) electrons. The van der Waals surface area contributed by atoms with Crippen LogP contribution in [0.4, 0.5) is 0 Å². The minimum Gasteiger partial charge on any atom is -0.295 e. The summed E-state index contributed by atoms with van der Waals surface area (Å²) < 4.78 is 0. The molecule has 1 aromatic rings. The number of benzene rings is 1. The molecule has 22 heavy (non-hydrogen) atoms. The van der Waals surface area contributed by atoms with Gasteiger partial charge in [-0.3, -0.25) is 9.59 Å². The molecule has 2 fully saturated rings. The van der Waals surface area contributed by atoms with Crippen LogP contribution in [0.15, 0.2) is 24.3 Å². The van der Waals surface area contributed by atoms with E-state index in [2.05, 4.69) is 0 Å². The van der Waals surface area contributed by atoms with Crippen molar-refractivity contribution in [1.29, 1.82) is 0 Å². The standard InChI is InChI=1S/C14H11O2.C5H5.Fe/c1-10(15)11-6-8-13(9-7-11)14(16)12-4-2-3-5-12;1-2-4-5-3-1;/h2-9H,1H3;1-5H;/q;;+2. The van der Waals surface area contributed by atoms with Crippen molar-refractivity contribution in [2.45, 2.75) is 6.92 Å². The number of Topliss-reactive ketones (excluding diaryl/α,β-unsaturated/α-hetero) is 2. The average Bonchev–Trinajstić information content (AvgIpc) is 3.22. The maximum atomic E-state index is 11.9. The molecule has 0 spiro atoms. The van der Waals surface area contributed by atoms with Crippen LogP contribution in [0.5, 0.6) is 0 Å². The molecule has 0 saturated heterocycles. The van der Waals surface area contributed by atoms with Gasteiger partial charge in [0, 0.05) is 11.1 Å². The summed E-state index contributed by atoms with van der Waals surface area (Å²) in [5.41, 5.74) is 1.23. The van der Waals surface area contributed by atoms with E-state index in [4.69, 9.17) is 0 Å². The second kappa shape index (κ2) is 9.97. The summed E-state index contributed by atoms with van der Waals surface area (Å²) in [5, 5.41) is 0. The van der Waals surface area contributed by atoms with E-state index in [0.29, 0.717) is 17.0 Å². The Kier molecular flexibility index (Phi) is 8.67. The van der Waals surface area contributed by atoms with Crippen molar-refractivity contribution >= 4 is 11.6 Å². The Hall–Kier alpha value is -0.921. The van der Waals surface area contributed by atoms with E-state index in [1.165, 1.54) is 6.92 Å². The number of rotatable bonds is 3. The van der Waals surface area contributed by atoms with Gasteiger partial charge in [-0.25, -0.2) is 0 Å². The second-order valence-corrected chi connectivity index (χ2v) is 4.60. The van der Waals surface area contributed by atoms with Crippen LogP contribution in [0.1, 0.15) is 27.6 Å². The topological polar surface area (TPSA) is 34.1 Å². The van der Waals surface area contributed by atoms with E-state index in [0.717, 1.165) is 0 Å². The van der Waals surface area contributed by atoms with Gasteiger partial charge >= 0.3 is 17.1 Å². The number of ketones is 2. The molecule has 0 amide bonds. The van der Waals surface area contributed by atoms with Crippen molar-refractivity contribution in [3.63, 3.8) is 0 Å². The number of carbonyl (C=O) groups is 2. The van der Waals surface area contributed by atoms with Crippen molar-refractivity contribution in [1.82, 2.24) is 0 Å². The van der Waals surface area contributed by atoms with E-state index in [9.17, 15) is 9.59 Å². The summed E-state index contributed by atoms with van der Waals surface area (Å²) >= 11 is 0. The van der Waals surface area contributed by atoms with Crippen molar-refractivity contribution in [3.05, 3.63) is 99.1 Å². The fourth-order valence-corrected chi connectivity index (χ4v) is 1.87. The molecule has 2 aliphatic rings. The minimum atomic E-state index is -0.0138. The normalized spacial score (nSPS) is 17.3. The smallest absolute Gasteiger partial charge is 0.295 e. The van der Waals surface area contributed by atoms with Crippen LogP contribution < -0.4 is 0 Å². The van der Waals surface area contributed by atoms with Crippen LogP contribution in [0.25, 0.3) is 0 Å². The molecule has 0 heterocycles. The molecule has 0 unspecified atom stereocenters. The van der Waals surface area contributed by atoms with Crippen LogP contribution in [-0.4, -0.2) is 11.6 Å². The first-order chi connectivity index (χ1) is 10.2. The number of carbonyl (C=O) groups excluding carboxylic acids is 2. The molecule has 2 aliphatic carbocycles. The first kappa shape index (κ1) is 19.1. The average molecular weight is 332 g/mol. The first-order valence-electron chi connectivity index (χ1n) is 6.72. The van der Waals surface area contributed by atoms with E-state index < -0.39 is 0 Å². The largest absolute Gasteiger partial charge is 2.00 e. The van der Waals surface area contributed by atoms with Gasteiger partial charge in [-0.1, -0.05) is 24.3 Å². The number of hydrogen-bond donors (Lipinski definition) is 0. The summed E-state index contributed by atoms with van der Waals surface area (Å²) in [5.74, 6) is 0.669. The monoisotopic (exact) mass is 332 g/mol. The SMILES string of the molecule is CC(=O)c1ccc(C(=O)[C]2[CH][CH][CH][CH]2)cc1.[CH]1[CH][CH][CH][CH]1.[Fe+2]. The van der Waals surface area contributed by atoms with Crippen LogP contribution >= 0.6 is 0 Å². The molecule has 0 aliphatic heterocycles. The summed E-state index contributed by atoms with van der Waals surface area (Å²) in [4.78, 5) is 23.0. The van der Waals surface area contributed by atoms with Gasteiger partial charge in [-0.05, 0) is 64.7 Å². The van der Waals surface area contributed by atoms with Gasteiger partial charge in [0.25, 0.3) is 0 Å². The third-order valence-electron chi connectivity index (χ3n) is 3.03. The van der Waals surface area contributed by atoms with Crippen LogP contribution in [-0.2, 0) is 17.1 Å². The van der Waals surface area contributed by atoms with E-state index in [1.807, 2.05) is 44.9 Å². The third-order valence-corrected chi connectivity index (χ3v) is 3.03. The Morgan fingerprint density at radius 3 is 1.50 bits per heavy atom. The zero-order valence-electron chi connectivity index (χ0n) is 12.2. The van der Waals surface area contributed by atoms with Gasteiger partial charge in [-0.15, -0.1) is 0 Å². The maximum absolute atomic E-state index is 11.9. The van der Waals surface area contributed by atoms with Crippen molar-refractivity contribution in [3.8, 4) is 0 Å². The Morgan fingerprint density at radius 1 is 0.682 bits per heavy atom. The molecule has 1 aromatic carbocycles. The molecule has 0 N–H and O–H groups in total. The zero-order valence-corrected chi connectivity index (χ0v) is 13.3. The summed E-state index contributed by atoms with van der Waals surface area (Å²) in [6.07, 6.45) is 17.2.